The van der Waals surface area contributed by atoms with Crippen LogP contribution in [0.2, 0.25) is 0 Å². The molecule has 118 valence electrons. The fourth-order valence-corrected chi connectivity index (χ4v) is 2.24. The van der Waals surface area contributed by atoms with E-state index in [-0.39, 0.29) is 12.3 Å². The lowest BCUT2D eigenvalue weighted by Gasteiger charge is -2.05. The van der Waals surface area contributed by atoms with Gasteiger partial charge in [0.1, 0.15) is 11.8 Å². The summed E-state index contributed by atoms with van der Waals surface area (Å²) in [5.74, 6) is 0.755. The van der Waals surface area contributed by atoms with E-state index in [4.69, 9.17) is 9.68 Å². The number of pyridine rings is 1. The molecule has 0 radical (unpaired) electrons. The Morgan fingerprint density at radius 3 is 2.88 bits per heavy atom. The lowest BCUT2D eigenvalue weighted by Crippen LogP contribution is -2.16. The van der Waals surface area contributed by atoms with E-state index in [2.05, 4.69) is 15.3 Å². The highest BCUT2D eigenvalue weighted by Gasteiger charge is 2.15. The molecule has 0 aliphatic heterocycles. The number of amides is 1. The molecule has 0 bridgehead atoms. The van der Waals surface area contributed by atoms with Crippen LogP contribution in [0.3, 0.4) is 0 Å². The molecule has 0 aliphatic rings. The zero-order chi connectivity index (χ0) is 16.9. The van der Waals surface area contributed by atoms with Crippen LogP contribution < -0.4 is 5.32 Å². The van der Waals surface area contributed by atoms with Gasteiger partial charge in [0, 0.05) is 12.4 Å². The molecule has 6 heteroatoms. The van der Waals surface area contributed by atoms with Gasteiger partial charge in [-0.25, -0.2) is 4.98 Å². The zero-order valence-electron chi connectivity index (χ0n) is 13.0. The van der Waals surface area contributed by atoms with Crippen LogP contribution in [0.5, 0.6) is 0 Å². The van der Waals surface area contributed by atoms with Crippen molar-refractivity contribution in [2.24, 2.45) is 0 Å². The normalized spacial score (nSPS) is 10.2. The maximum absolute atomic E-state index is 12.2. The Balaban J connectivity index is 1.76. The minimum Gasteiger partial charge on any atom is -0.441 e. The number of nitriles is 1. The number of nitrogens with zero attached hydrogens (tertiary/aromatic N) is 3. The number of hydrogen-bond donors (Lipinski definition) is 1. The molecule has 0 spiro atoms. The Morgan fingerprint density at radius 2 is 2.12 bits per heavy atom. The van der Waals surface area contributed by atoms with Crippen LogP contribution in [0.4, 0.5) is 5.69 Å². The molecule has 1 amide bonds. The number of nitrogens with one attached hydrogen (secondary N) is 1. The molecule has 2 aromatic heterocycles. The summed E-state index contributed by atoms with van der Waals surface area (Å²) < 4.78 is 5.61. The van der Waals surface area contributed by atoms with Gasteiger partial charge in [0.15, 0.2) is 0 Å². The molecule has 0 unspecified atom stereocenters. The van der Waals surface area contributed by atoms with Crippen LogP contribution in [-0.4, -0.2) is 15.9 Å². The maximum atomic E-state index is 12.2. The van der Waals surface area contributed by atoms with Gasteiger partial charge in [0.05, 0.1) is 28.9 Å². The number of aryl methyl sites for hydroxylation is 1. The second-order valence-corrected chi connectivity index (χ2v) is 5.15. The molecule has 3 rings (SSSR count). The van der Waals surface area contributed by atoms with Gasteiger partial charge in [0.25, 0.3) is 0 Å². The molecule has 3 aromatic rings. The SMILES string of the molecule is Cc1oc(-c2cccnc2)nc1CC(=O)Nc1ccccc1C#N. The van der Waals surface area contributed by atoms with Gasteiger partial charge in [-0.3, -0.25) is 9.78 Å². The van der Waals surface area contributed by atoms with Gasteiger partial charge in [-0.05, 0) is 31.2 Å². The van der Waals surface area contributed by atoms with E-state index in [9.17, 15) is 4.79 Å². The van der Waals surface area contributed by atoms with Crippen LogP contribution in [0.1, 0.15) is 17.0 Å². The summed E-state index contributed by atoms with van der Waals surface area (Å²) >= 11 is 0. The largest absolute Gasteiger partial charge is 0.441 e. The van der Waals surface area contributed by atoms with E-state index in [0.29, 0.717) is 28.6 Å². The minimum absolute atomic E-state index is 0.0648. The van der Waals surface area contributed by atoms with Crippen molar-refractivity contribution >= 4 is 11.6 Å². The van der Waals surface area contributed by atoms with E-state index in [1.807, 2.05) is 12.1 Å². The first kappa shape index (κ1) is 15.4. The number of anilines is 1. The summed E-state index contributed by atoms with van der Waals surface area (Å²) in [5, 5.41) is 11.8. The summed E-state index contributed by atoms with van der Waals surface area (Å²) in [7, 11) is 0. The zero-order valence-corrected chi connectivity index (χ0v) is 13.0. The number of carbonyl (C=O) groups excluding carboxylic acids is 1. The minimum atomic E-state index is -0.258. The molecular formula is C18H14N4O2. The molecule has 2 heterocycles. The monoisotopic (exact) mass is 318 g/mol. The first-order valence-electron chi connectivity index (χ1n) is 7.33. The molecule has 0 aliphatic carbocycles. The predicted octanol–water partition coefficient (Wildman–Crippen LogP) is 3.10. The van der Waals surface area contributed by atoms with Crippen LogP contribution in [0.15, 0.2) is 53.2 Å². The highest BCUT2D eigenvalue weighted by atomic mass is 16.4. The van der Waals surface area contributed by atoms with Gasteiger partial charge in [-0.1, -0.05) is 12.1 Å². The van der Waals surface area contributed by atoms with E-state index >= 15 is 0 Å². The van der Waals surface area contributed by atoms with Crippen molar-refractivity contribution < 1.29 is 9.21 Å². The molecule has 24 heavy (non-hydrogen) atoms. The Kier molecular flexibility index (Phi) is 4.34. The maximum Gasteiger partial charge on any atom is 0.230 e. The van der Waals surface area contributed by atoms with Crippen LogP contribution >= 0.6 is 0 Å². The van der Waals surface area contributed by atoms with Crippen molar-refractivity contribution in [2.75, 3.05) is 5.32 Å². The summed E-state index contributed by atoms with van der Waals surface area (Å²) in [6.07, 6.45) is 3.38. The molecule has 0 saturated carbocycles. The summed E-state index contributed by atoms with van der Waals surface area (Å²) in [6.45, 7) is 1.76. The number of carbonyl (C=O) groups is 1. The topological polar surface area (TPSA) is 91.8 Å². The van der Waals surface area contributed by atoms with Crippen LogP contribution in [0, 0.1) is 18.3 Å². The quantitative estimate of drug-likeness (QED) is 0.798. The second kappa shape index (κ2) is 6.75. The van der Waals surface area contributed by atoms with Crippen molar-refractivity contribution in [3.8, 4) is 17.5 Å². The van der Waals surface area contributed by atoms with E-state index < -0.39 is 0 Å². The summed E-state index contributed by atoms with van der Waals surface area (Å²) in [4.78, 5) is 20.6. The van der Waals surface area contributed by atoms with Gasteiger partial charge < -0.3 is 9.73 Å². The van der Waals surface area contributed by atoms with Crippen molar-refractivity contribution in [2.45, 2.75) is 13.3 Å². The van der Waals surface area contributed by atoms with Crippen molar-refractivity contribution in [3.63, 3.8) is 0 Å². The third-order valence-corrected chi connectivity index (χ3v) is 3.45. The van der Waals surface area contributed by atoms with Crippen LogP contribution in [-0.2, 0) is 11.2 Å². The fraction of sp³-hybridized carbons (Fsp3) is 0.111. The number of rotatable bonds is 4. The number of benzene rings is 1. The molecular weight excluding hydrogens is 304 g/mol. The lowest BCUT2D eigenvalue weighted by molar-refractivity contribution is -0.115. The standard InChI is InChI=1S/C18H14N4O2/c1-12-16(22-18(24-12)14-6-4-8-20-11-14)9-17(23)21-15-7-3-2-5-13(15)10-19/h2-8,11H,9H2,1H3,(H,21,23). The Bertz CT molecular complexity index is 910. The van der Waals surface area contributed by atoms with Crippen LogP contribution in [0.25, 0.3) is 11.5 Å². The summed E-state index contributed by atoms with van der Waals surface area (Å²) in [6, 6.07) is 12.5. The van der Waals surface area contributed by atoms with Gasteiger partial charge in [-0.15, -0.1) is 0 Å². The van der Waals surface area contributed by atoms with Gasteiger partial charge in [-0.2, -0.15) is 5.26 Å². The Morgan fingerprint density at radius 1 is 1.29 bits per heavy atom. The van der Waals surface area contributed by atoms with Crippen molar-refractivity contribution in [1.29, 1.82) is 5.26 Å². The third kappa shape index (κ3) is 3.31. The number of hydrogen-bond acceptors (Lipinski definition) is 5. The lowest BCUT2D eigenvalue weighted by atomic mass is 10.2. The Labute approximate surface area is 138 Å². The van der Waals surface area contributed by atoms with Gasteiger partial charge >= 0.3 is 0 Å². The third-order valence-electron chi connectivity index (χ3n) is 3.45. The van der Waals surface area contributed by atoms with E-state index in [0.717, 1.165) is 5.56 Å². The van der Waals surface area contributed by atoms with E-state index in [1.165, 1.54) is 0 Å². The average Bonchev–Trinajstić information content (AvgIpc) is 2.97. The average molecular weight is 318 g/mol. The number of oxazole rings is 1. The number of para-hydroxylation sites is 1. The predicted molar refractivity (Wildman–Crippen MR) is 88.0 cm³/mol. The molecule has 1 aromatic carbocycles. The van der Waals surface area contributed by atoms with E-state index in [1.54, 1.807) is 49.6 Å². The molecule has 0 atom stereocenters. The van der Waals surface area contributed by atoms with Gasteiger partial charge in [0.2, 0.25) is 11.8 Å². The Hall–Kier alpha value is -3.46. The highest BCUT2D eigenvalue weighted by molar-refractivity contribution is 5.93. The highest BCUT2D eigenvalue weighted by Crippen LogP contribution is 2.21. The number of aromatic nitrogens is 2. The summed E-state index contributed by atoms with van der Waals surface area (Å²) in [5.41, 5.74) is 2.21. The first-order chi connectivity index (χ1) is 11.7. The first-order valence-corrected chi connectivity index (χ1v) is 7.33. The molecule has 1 N–H and O–H groups in total. The molecule has 6 nitrogen and oxygen atoms in total. The van der Waals surface area contributed by atoms with Crippen molar-refractivity contribution in [3.05, 3.63) is 65.8 Å². The fourth-order valence-electron chi connectivity index (χ4n) is 2.24. The smallest absolute Gasteiger partial charge is 0.230 e. The second-order valence-electron chi connectivity index (χ2n) is 5.15. The van der Waals surface area contributed by atoms with Crippen molar-refractivity contribution in [1.82, 2.24) is 9.97 Å². The molecule has 0 saturated heterocycles. The molecule has 0 fully saturated rings.